The molecule has 5 rings (SSSR count). The maximum atomic E-state index is 15.9. The van der Waals surface area contributed by atoms with Crippen molar-refractivity contribution in [2.24, 2.45) is 0 Å². The molecule has 236 valence electrons. The molecule has 2 fully saturated rings. The minimum Gasteiger partial charge on any atom is -0.372 e. The number of alkyl halides is 8. The van der Waals surface area contributed by atoms with E-state index in [9.17, 15) is 39.6 Å². The summed E-state index contributed by atoms with van der Waals surface area (Å²) in [6, 6.07) is 5.08. The first-order valence-corrected chi connectivity index (χ1v) is 15.4. The van der Waals surface area contributed by atoms with Crippen LogP contribution in [0.15, 0.2) is 47.4 Å². The molecule has 2 atom stereocenters. The lowest BCUT2D eigenvalue weighted by Crippen LogP contribution is -2.60. The zero-order valence-electron chi connectivity index (χ0n) is 22.7. The number of hydrogen-bond acceptors (Lipinski definition) is 4. The van der Waals surface area contributed by atoms with Gasteiger partial charge in [0.2, 0.25) is 0 Å². The van der Waals surface area contributed by atoms with Crippen LogP contribution in [0.4, 0.5) is 40.8 Å². The molecular formula is C28H27ClF8N2O3S. The molecule has 2 aliphatic heterocycles. The summed E-state index contributed by atoms with van der Waals surface area (Å²) in [7, 11) is -3.30. The van der Waals surface area contributed by atoms with Crippen LogP contribution in [0.5, 0.6) is 0 Å². The van der Waals surface area contributed by atoms with Gasteiger partial charge in [-0.05, 0) is 68.0 Å². The van der Waals surface area contributed by atoms with Gasteiger partial charge in [0, 0.05) is 36.4 Å². The highest BCUT2D eigenvalue weighted by molar-refractivity contribution is 7.92. The van der Waals surface area contributed by atoms with Crippen LogP contribution in [0.1, 0.15) is 49.7 Å². The van der Waals surface area contributed by atoms with Gasteiger partial charge in [-0.25, -0.2) is 17.2 Å². The molecule has 5 nitrogen and oxygen atoms in total. The quantitative estimate of drug-likeness (QED) is 0.332. The lowest BCUT2D eigenvalue weighted by Gasteiger charge is -2.47. The molecule has 2 aromatic rings. The predicted molar refractivity (Wildman–Crippen MR) is 142 cm³/mol. The van der Waals surface area contributed by atoms with Gasteiger partial charge in [-0.3, -0.25) is 4.79 Å². The second kappa shape index (κ2) is 10.2. The number of carbonyl (C=O) groups is 1. The first-order chi connectivity index (χ1) is 19.8. The number of sulfone groups is 1. The number of likely N-dealkylation sites (N-methyl/N-ethyl adjacent to an activating group) is 1. The number of likely N-dealkylation sites (tertiary alicyclic amines) is 1. The van der Waals surface area contributed by atoms with Crippen LogP contribution in [0.25, 0.3) is 0 Å². The molecule has 1 saturated heterocycles. The zero-order valence-corrected chi connectivity index (χ0v) is 24.3. The summed E-state index contributed by atoms with van der Waals surface area (Å²) >= 11 is 5.94. The second-order valence-electron chi connectivity index (χ2n) is 11.4. The number of anilines is 1. The van der Waals surface area contributed by atoms with E-state index in [-0.39, 0.29) is 59.6 Å². The first-order valence-electron chi connectivity index (χ1n) is 13.5. The zero-order chi connectivity index (χ0) is 31.8. The van der Waals surface area contributed by atoms with Crippen molar-refractivity contribution in [2.45, 2.75) is 77.9 Å². The fourth-order valence-corrected chi connectivity index (χ4v) is 9.22. The molecule has 2 unspecified atom stereocenters. The van der Waals surface area contributed by atoms with Crippen molar-refractivity contribution in [3.63, 3.8) is 0 Å². The lowest BCUT2D eigenvalue weighted by molar-refractivity contribution is -0.348. The van der Waals surface area contributed by atoms with Gasteiger partial charge in [-0.2, -0.15) is 26.3 Å². The van der Waals surface area contributed by atoms with Crippen molar-refractivity contribution < 1.29 is 48.3 Å². The Kier molecular flexibility index (Phi) is 7.55. The summed E-state index contributed by atoms with van der Waals surface area (Å²) in [5, 5.41) is 0.194. The number of benzene rings is 2. The third-order valence-corrected chi connectivity index (χ3v) is 11.8. The van der Waals surface area contributed by atoms with Crippen molar-refractivity contribution in [1.82, 2.24) is 4.90 Å². The molecule has 1 aliphatic carbocycles. The number of rotatable bonds is 4. The molecule has 2 aromatic carbocycles. The number of nitrogens with zero attached hydrogens (tertiary/aromatic N) is 2. The van der Waals surface area contributed by atoms with E-state index in [1.165, 1.54) is 36.2 Å². The average Bonchev–Trinajstić information content (AvgIpc) is 3.32. The van der Waals surface area contributed by atoms with E-state index >= 15 is 8.78 Å². The van der Waals surface area contributed by atoms with Crippen LogP contribution in [-0.4, -0.2) is 63.4 Å². The van der Waals surface area contributed by atoms with Crippen LogP contribution in [0, 0.1) is 0 Å². The Morgan fingerprint density at radius 2 is 1.49 bits per heavy atom. The second-order valence-corrected chi connectivity index (χ2v) is 14.0. The van der Waals surface area contributed by atoms with Gasteiger partial charge < -0.3 is 9.80 Å². The number of hydrogen-bond donors (Lipinski definition) is 0. The minimum atomic E-state index is -6.38. The van der Waals surface area contributed by atoms with Gasteiger partial charge in [-0.1, -0.05) is 30.2 Å². The van der Waals surface area contributed by atoms with E-state index in [0.29, 0.717) is 18.9 Å². The van der Waals surface area contributed by atoms with Crippen LogP contribution in [0.3, 0.4) is 0 Å². The number of fused-ring (bicyclic) bond motifs is 3. The highest BCUT2D eigenvalue weighted by atomic mass is 35.5. The Bertz CT molecular complexity index is 1510. The summed E-state index contributed by atoms with van der Waals surface area (Å²) in [5.74, 6) is -0.907. The molecule has 0 bridgehead atoms. The SMILES string of the molecule is CN1CC2N(C(=O)C3(F)CCCCC3)CCC2(S(=O)(=O)c2ccc(Cl)cc2)c2ccc(C(F)(C(F)(F)F)C(F)(F)F)cc21. The summed E-state index contributed by atoms with van der Waals surface area (Å²) in [6.45, 7) is -0.627. The van der Waals surface area contributed by atoms with E-state index in [2.05, 4.69) is 0 Å². The topological polar surface area (TPSA) is 57.7 Å². The van der Waals surface area contributed by atoms with E-state index in [0.717, 1.165) is 17.4 Å². The fourth-order valence-electron chi connectivity index (χ4n) is 6.80. The molecule has 15 heteroatoms. The van der Waals surface area contributed by atoms with Crippen LogP contribution in [0.2, 0.25) is 5.02 Å². The lowest BCUT2D eigenvalue weighted by atomic mass is 9.81. The first kappa shape index (κ1) is 31.8. The number of carbonyl (C=O) groups excluding carboxylic acids is 1. The van der Waals surface area contributed by atoms with Gasteiger partial charge in [0.05, 0.1) is 10.9 Å². The van der Waals surface area contributed by atoms with Crippen molar-refractivity contribution in [3.8, 4) is 0 Å². The highest BCUT2D eigenvalue weighted by Gasteiger charge is 2.74. The van der Waals surface area contributed by atoms with Crippen molar-refractivity contribution in [3.05, 3.63) is 58.6 Å². The Balaban J connectivity index is 1.73. The van der Waals surface area contributed by atoms with E-state index < -0.39 is 55.8 Å². The standard InChI is InChI=1S/C28H27ClF8N2O3S/c1-38-16-22-25(43(41,42)19-8-6-18(29)7-9-19,13-14-39(22)23(40)24(30)11-3-2-4-12-24)20-10-5-17(15-21(20)38)26(31,27(32,33)34)28(35,36)37/h5-10,15,22H,2-4,11-14,16H2,1H3. The maximum Gasteiger partial charge on any atom is 0.435 e. The smallest absolute Gasteiger partial charge is 0.372 e. The molecular weight excluding hydrogens is 632 g/mol. The summed E-state index contributed by atoms with van der Waals surface area (Å²) in [4.78, 5) is 15.7. The number of halogens is 9. The Labute approximate surface area is 247 Å². The maximum absolute atomic E-state index is 15.9. The molecule has 1 saturated carbocycles. The Hall–Kier alpha value is -2.61. The fraction of sp³-hybridized carbons (Fsp3) is 0.536. The molecule has 0 radical (unpaired) electrons. The van der Waals surface area contributed by atoms with Gasteiger partial charge in [0.1, 0.15) is 4.75 Å². The molecule has 2 heterocycles. The van der Waals surface area contributed by atoms with Crippen LogP contribution < -0.4 is 4.90 Å². The van der Waals surface area contributed by atoms with Gasteiger partial charge in [0.15, 0.2) is 15.5 Å². The minimum absolute atomic E-state index is 0.0603. The van der Waals surface area contributed by atoms with Crippen molar-refractivity contribution in [2.75, 3.05) is 25.0 Å². The van der Waals surface area contributed by atoms with E-state index in [1.807, 2.05) is 0 Å². The van der Waals surface area contributed by atoms with Crippen LogP contribution >= 0.6 is 11.6 Å². The average molecular weight is 659 g/mol. The largest absolute Gasteiger partial charge is 0.435 e. The molecule has 3 aliphatic rings. The molecule has 0 N–H and O–H groups in total. The van der Waals surface area contributed by atoms with E-state index in [1.54, 1.807) is 0 Å². The summed E-state index contributed by atoms with van der Waals surface area (Å²) in [5.41, 5.74) is -10.4. The van der Waals surface area contributed by atoms with Crippen molar-refractivity contribution >= 4 is 33.0 Å². The summed E-state index contributed by atoms with van der Waals surface area (Å²) < 4.78 is 139. The monoisotopic (exact) mass is 658 g/mol. The van der Waals surface area contributed by atoms with Gasteiger partial charge in [-0.15, -0.1) is 0 Å². The normalized spacial score (nSPS) is 24.5. The summed E-state index contributed by atoms with van der Waals surface area (Å²) in [6.07, 6.45) is -11.6. The number of amides is 1. The Morgan fingerprint density at radius 1 is 0.907 bits per heavy atom. The van der Waals surface area contributed by atoms with Crippen LogP contribution in [-0.2, 0) is 25.0 Å². The van der Waals surface area contributed by atoms with E-state index in [4.69, 9.17) is 11.6 Å². The molecule has 0 aromatic heterocycles. The Morgan fingerprint density at radius 3 is 2.05 bits per heavy atom. The van der Waals surface area contributed by atoms with Gasteiger partial charge in [0.25, 0.3) is 5.91 Å². The van der Waals surface area contributed by atoms with Gasteiger partial charge >= 0.3 is 18.0 Å². The highest BCUT2D eigenvalue weighted by Crippen LogP contribution is 2.58. The molecule has 43 heavy (non-hydrogen) atoms. The van der Waals surface area contributed by atoms with Crippen molar-refractivity contribution in [1.29, 1.82) is 0 Å². The molecule has 1 amide bonds. The third kappa shape index (κ3) is 4.60. The molecule has 0 spiro atoms. The predicted octanol–water partition coefficient (Wildman–Crippen LogP) is 7.02. The third-order valence-electron chi connectivity index (χ3n) is 9.02.